The van der Waals surface area contributed by atoms with E-state index in [4.69, 9.17) is 4.74 Å². The summed E-state index contributed by atoms with van der Waals surface area (Å²) in [6, 6.07) is 21.1. The Morgan fingerprint density at radius 3 is 2.30 bits per heavy atom. The number of benzene rings is 2. The van der Waals surface area contributed by atoms with E-state index in [1.54, 1.807) is 0 Å². The molecule has 144 valence electrons. The zero-order chi connectivity index (χ0) is 18.9. The first kappa shape index (κ1) is 19.4. The molecule has 3 rings (SSSR count). The molecule has 0 radical (unpaired) electrons. The fourth-order valence-corrected chi connectivity index (χ4v) is 3.79. The minimum absolute atomic E-state index is 0.0302. The lowest BCUT2D eigenvalue weighted by Gasteiger charge is -2.32. The van der Waals surface area contributed by atoms with Gasteiger partial charge in [0.15, 0.2) is 0 Å². The van der Waals surface area contributed by atoms with E-state index in [1.165, 1.54) is 11.4 Å². The summed E-state index contributed by atoms with van der Waals surface area (Å²) in [5, 5.41) is 0. The lowest BCUT2D eigenvalue weighted by Crippen LogP contribution is -2.40. The number of ether oxygens (including phenoxy) is 1. The SMILES string of the molecule is CCOC(=O)[C@@H]1CCCN(CCCN(c2ccccc2)c2ccccc2)C1. The van der Waals surface area contributed by atoms with Crippen molar-refractivity contribution in [1.29, 1.82) is 0 Å². The number of esters is 1. The number of rotatable bonds is 8. The van der Waals surface area contributed by atoms with Crippen LogP contribution >= 0.6 is 0 Å². The number of carbonyl (C=O) groups is 1. The van der Waals surface area contributed by atoms with Crippen molar-refractivity contribution in [1.82, 2.24) is 4.90 Å². The molecule has 1 atom stereocenters. The van der Waals surface area contributed by atoms with Gasteiger partial charge in [0, 0.05) is 24.5 Å². The molecular weight excluding hydrogens is 336 g/mol. The van der Waals surface area contributed by atoms with E-state index < -0.39 is 0 Å². The van der Waals surface area contributed by atoms with Gasteiger partial charge in [0.05, 0.1) is 12.5 Å². The summed E-state index contributed by atoms with van der Waals surface area (Å²) in [7, 11) is 0. The molecule has 4 heteroatoms. The van der Waals surface area contributed by atoms with Crippen molar-refractivity contribution in [2.24, 2.45) is 5.92 Å². The van der Waals surface area contributed by atoms with E-state index in [0.29, 0.717) is 6.61 Å². The average molecular weight is 367 g/mol. The van der Waals surface area contributed by atoms with Gasteiger partial charge in [-0.25, -0.2) is 0 Å². The van der Waals surface area contributed by atoms with Gasteiger partial charge < -0.3 is 14.5 Å². The Labute approximate surface area is 162 Å². The molecule has 1 aliphatic heterocycles. The highest BCUT2D eigenvalue weighted by atomic mass is 16.5. The average Bonchev–Trinajstić information content (AvgIpc) is 2.73. The molecule has 0 spiro atoms. The molecule has 0 N–H and O–H groups in total. The third kappa shape index (κ3) is 5.57. The van der Waals surface area contributed by atoms with Crippen LogP contribution in [0.5, 0.6) is 0 Å². The predicted octanol–water partition coefficient (Wildman–Crippen LogP) is 4.49. The van der Waals surface area contributed by atoms with Gasteiger partial charge in [0.1, 0.15) is 0 Å². The Balaban J connectivity index is 1.57. The Hall–Kier alpha value is -2.33. The highest BCUT2D eigenvalue weighted by molar-refractivity contribution is 5.72. The van der Waals surface area contributed by atoms with Crippen LogP contribution in [0.4, 0.5) is 11.4 Å². The molecular formula is C23H30N2O2. The fraction of sp³-hybridized carbons (Fsp3) is 0.435. The number of likely N-dealkylation sites (tertiary alicyclic amines) is 1. The summed E-state index contributed by atoms with van der Waals surface area (Å²) in [6.07, 6.45) is 3.08. The quantitative estimate of drug-likeness (QED) is 0.645. The van der Waals surface area contributed by atoms with E-state index in [9.17, 15) is 4.79 Å². The molecule has 2 aromatic carbocycles. The van der Waals surface area contributed by atoms with Gasteiger partial charge in [-0.1, -0.05) is 36.4 Å². The summed E-state index contributed by atoms with van der Waals surface area (Å²) < 4.78 is 5.21. The maximum absolute atomic E-state index is 12.0. The Morgan fingerprint density at radius 1 is 1.07 bits per heavy atom. The molecule has 0 unspecified atom stereocenters. The predicted molar refractivity (Wildman–Crippen MR) is 110 cm³/mol. The first-order chi connectivity index (χ1) is 13.3. The molecule has 0 aromatic heterocycles. The second-order valence-corrected chi connectivity index (χ2v) is 7.07. The van der Waals surface area contributed by atoms with E-state index in [0.717, 1.165) is 45.4 Å². The van der Waals surface area contributed by atoms with Crippen LogP contribution in [0.15, 0.2) is 60.7 Å². The van der Waals surface area contributed by atoms with Gasteiger partial charge in [-0.15, -0.1) is 0 Å². The molecule has 0 bridgehead atoms. The second-order valence-electron chi connectivity index (χ2n) is 7.07. The van der Waals surface area contributed by atoms with Crippen LogP contribution in [0.2, 0.25) is 0 Å². The Bertz CT molecular complexity index is 651. The third-order valence-electron chi connectivity index (χ3n) is 5.12. The van der Waals surface area contributed by atoms with E-state index in [2.05, 4.69) is 70.5 Å². The first-order valence-electron chi connectivity index (χ1n) is 10.0. The van der Waals surface area contributed by atoms with Gasteiger partial charge in [-0.05, 0) is 63.5 Å². The number of para-hydroxylation sites is 2. The van der Waals surface area contributed by atoms with E-state index in [1.807, 2.05) is 6.92 Å². The number of hydrogen-bond acceptors (Lipinski definition) is 4. The van der Waals surface area contributed by atoms with Crippen molar-refractivity contribution < 1.29 is 9.53 Å². The van der Waals surface area contributed by atoms with Crippen molar-refractivity contribution >= 4 is 17.3 Å². The normalized spacial score (nSPS) is 17.4. The largest absolute Gasteiger partial charge is 0.466 e. The summed E-state index contributed by atoms with van der Waals surface area (Å²) >= 11 is 0. The first-order valence-corrected chi connectivity index (χ1v) is 10.0. The van der Waals surface area contributed by atoms with E-state index in [-0.39, 0.29) is 11.9 Å². The molecule has 1 heterocycles. The minimum atomic E-state index is -0.0302. The van der Waals surface area contributed by atoms with Crippen molar-refractivity contribution in [2.75, 3.05) is 37.7 Å². The monoisotopic (exact) mass is 366 g/mol. The third-order valence-corrected chi connectivity index (χ3v) is 5.12. The van der Waals surface area contributed by atoms with Gasteiger partial charge in [0.2, 0.25) is 0 Å². The molecule has 0 amide bonds. The molecule has 2 aromatic rings. The molecule has 0 aliphatic carbocycles. The van der Waals surface area contributed by atoms with Gasteiger partial charge in [0.25, 0.3) is 0 Å². The van der Waals surface area contributed by atoms with Crippen LogP contribution in [0.3, 0.4) is 0 Å². The molecule has 27 heavy (non-hydrogen) atoms. The highest BCUT2D eigenvalue weighted by Gasteiger charge is 2.26. The summed E-state index contributed by atoms with van der Waals surface area (Å²) in [5.41, 5.74) is 2.43. The van der Waals surface area contributed by atoms with Gasteiger partial charge in [-0.3, -0.25) is 4.79 Å². The number of carbonyl (C=O) groups excluding carboxylic acids is 1. The standard InChI is InChI=1S/C23H30N2O2/c1-2-27-23(26)20-11-9-16-24(19-20)17-10-18-25(21-12-5-3-6-13-21)22-14-7-4-8-15-22/h3-8,12-15,20H,2,9-11,16-19H2,1H3/t20-/m1/s1. The van der Waals surface area contributed by atoms with Crippen molar-refractivity contribution in [3.63, 3.8) is 0 Å². The van der Waals surface area contributed by atoms with Crippen LogP contribution in [0.25, 0.3) is 0 Å². The molecule has 1 aliphatic rings. The second kappa shape index (κ2) is 10.1. The van der Waals surface area contributed by atoms with Crippen molar-refractivity contribution in [3.05, 3.63) is 60.7 Å². The van der Waals surface area contributed by atoms with Crippen LogP contribution < -0.4 is 4.90 Å². The topological polar surface area (TPSA) is 32.8 Å². The summed E-state index contributed by atoms with van der Waals surface area (Å²) in [4.78, 5) is 16.8. The molecule has 4 nitrogen and oxygen atoms in total. The maximum atomic E-state index is 12.0. The van der Waals surface area contributed by atoms with Crippen LogP contribution in [0.1, 0.15) is 26.2 Å². The minimum Gasteiger partial charge on any atom is -0.466 e. The van der Waals surface area contributed by atoms with Gasteiger partial charge >= 0.3 is 5.97 Å². The van der Waals surface area contributed by atoms with Crippen molar-refractivity contribution in [3.8, 4) is 0 Å². The number of piperidine rings is 1. The van der Waals surface area contributed by atoms with Gasteiger partial charge in [-0.2, -0.15) is 0 Å². The summed E-state index contributed by atoms with van der Waals surface area (Å²) in [5.74, 6) is 0.00967. The molecule has 1 fully saturated rings. The van der Waals surface area contributed by atoms with Crippen LogP contribution in [-0.4, -0.2) is 43.7 Å². The zero-order valence-corrected chi connectivity index (χ0v) is 16.2. The van der Waals surface area contributed by atoms with Crippen LogP contribution in [-0.2, 0) is 9.53 Å². The van der Waals surface area contributed by atoms with E-state index >= 15 is 0 Å². The number of hydrogen-bond donors (Lipinski definition) is 0. The fourth-order valence-electron chi connectivity index (χ4n) is 3.79. The van der Waals surface area contributed by atoms with Crippen molar-refractivity contribution in [2.45, 2.75) is 26.2 Å². The van der Waals surface area contributed by atoms with Crippen LogP contribution in [0, 0.1) is 5.92 Å². The lowest BCUT2D eigenvalue weighted by atomic mass is 9.98. The Morgan fingerprint density at radius 2 is 1.70 bits per heavy atom. The highest BCUT2D eigenvalue weighted by Crippen LogP contribution is 2.25. The Kier molecular flexibility index (Phi) is 7.28. The molecule has 1 saturated heterocycles. The maximum Gasteiger partial charge on any atom is 0.310 e. The number of anilines is 2. The zero-order valence-electron chi connectivity index (χ0n) is 16.2. The molecule has 0 saturated carbocycles. The summed E-state index contributed by atoms with van der Waals surface area (Å²) in [6.45, 7) is 6.21. The lowest BCUT2D eigenvalue weighted by molar-refractivity contribution is -0.149. The smallest absolute Gasteiger partial charge is 0.310 e. The number of nitrogens with zero attached hydrogens (tertiary/aromatic N) is 2.